The summed E-state index contributed by atoms with van der Waals surface area (Å²) in [4.78, 5) is 45.1. The molecule has 11 heteroatoms. The molecule has 3 heterocycles. The van der Waals surface area contributed by atoms with E-state index >= 15 is 0 Å². The number of anilines is 2. The number of ether oxygens (including phenoxy) is 3. The molecule has 0 bridgehead atoms. The highest BCUT2D eigenvalue weighted by molar-refractivity contribution is 6.08. The molecule has 1 atom stereocenters. The fraction of sp³-hybridized carbons (Fsp3) is 0.484. The molecule has 1 aliphatic carbocycles. The van der Waals surface area contributed by atoms with Crippen LogP contribution in [0.15, 0.2) is 36.5 Å². The Bertz CT molecular complexity index is 1490. The topological polar surface area (TPSA) is 124 Å². The third-order valence-electron chi connectivity index (χ3n) is 7.52. The van der Waals surface area contributed by atoms with Crippen molar-refractivity contribution in [3.05, 3.63) is 47.8 Å². The van der Waals surface area contributed by atoms with E-state index in [9.17, 15) is 14.4 Å². The number of carbonyl (C=O) groups is 3. The Morgan fingerprint density at radius 3 is 2.55 bits per heavy atom. The second-order valence-corrected chi connectivity index (χ2v) is 12.0. The van der Waals surface area contributed by atoms with Gasteiger partial charge in [0.15, 0.2) is 0 Å². The quantitative estimate of drug-likeness (QED) is 0.334. The number of esters is 1. The summed E-state index contributed by atoms with van der Waals surface area (Å²) in [6.45, 7) is 7.92. The van der Waals surface area contributed by atoms with Crippen molar-refractivity contribution in [3.8, 4) is 5.75 Å². The third kappa shape index (κ3) is 6.61. The molecule has 0 spiro atoms. The lowest BCUT2D eigenvalue weighted by Crippen LogP contribution is -2.35. The van der Waals surface area contributed by atoms with Crippen LogP contribution in [0.5, 0.6) is 5.75 Å². The number of likely N-dealkylation sites (tertiary alicyclic amines) is 1. The zero-order chi connectivity index (χ0) is 30.0. The largest absolute Gasteiger partial charge is 0.494 e. The number of carbonyl (C=O) groups excluding carboxylic acids is 3. The second-order valence-electron chi connectivity index (χ2n) is 12.0. The van der Waals surface area contributed by atoms with Crippen molar-refractivity contribution in [2.24, 2.45) is 11.8 Å². The Labute approximate surface area is 245 Å². The molecular weight excluding hydrogens is 538 g/mol. The van der Waals surface area contributed by atoms with E-state index in [1.807, 2.05) is 43.5 Å². The average Bonchev–Trinajstić information content (AvgIpc) is 3.51. The number of amides is 2. The van der Waals surface area contributed by atoms with Crippen molar-refractivity contribution >= 4 is 40.4 Å². The van der Waals surface area contributed by atoms with Crippen LogP contribution in [0.2, 0.25) is 0 Å². The molecule has 5 rings (SSSR count). The molecule has 42 heavy (non-hydrogen) atoms. The summed E-state index contributed by atoms with van der Waals surface area (Å²) in [5.74, 6) is 0.193. The molecule has 0 radical (unpaired) electrons. The van der Waals surface area contributed by atoms with E-state index < -0.39 is 11.6 Å². The summed E-state index contributed by atoms with van der Waals surface area (Å²) in [5.41, 5.74) is 1.87. The van der Waals surface area contributed by atoms with Gasteiger partial charge in [-0.15, -0.1) is 0 Å². The van der Waals surface area contributed by atoms with Gasteiger partial charge in [-0.3, -0.25) is 4.79 Å². The Morgan fingerprint density at radius 2 is 1.86 bits per heavy atom. The number of hydrogen-bond donors (Lipinski definition) is 2. The highest BCUT2D eigenvalue weighted by Gasteiger charge is 2.31. The van der Waals surface area contributed by atoms with Crippen molar-refractivity contribution < 1.29 is 28.6 Å². The van der Waals surface area contributed by atoms with E-state index in [0.717, 1.165) is 36.8 Å². The van der Waals surface area contributed by atoms with Crippen molar-refractivity contribution in [1.29, 1.82) is 0 Å². The van der Waals surface area contributed by atoms with Gasteiger partial charge in [0, 0.05) is 37.8 Å². The lowest BCUT2D eigenvalue weighted by molar-refractivity contribution is 0.0288. The van der Waals surface area contributed by atoms with Gasteiger partial charge >= 0.3 is 12.1 Å². The van der Waals surface area contributed by atoms with E-state index in [4.69, 9.17) is 14.2 Å². The number of fused-ring (bicyclic) bond motifs is 1. The minimum absolute atomic E-state index is 0.151. The molecule has 2 amide bonds. The molecule has 1 aliphatic heterocycles. The molecule has 2 aliphatic rings. The molecule has 11 nitrogen and oxygen atoms in total. The van der Waals surface area contributed by atoms with Gasteiger partial charge in [-0.2, -0.15) is 0 Å². The lowest BCUT2D eigenvalue weighted by atomic mass is 10.1. The minimum atomic E-state index is -0.560. The SMILES string of the molecule is COC(=O)c1cc(NC(=O)c2cc3cccnc3n2CC2CC2)c(NC[C@H]2CCN(C(=O)OC(C)(C)C)C2)c(OC)c1. The maximum Gasteiger partial charge on any atom is 0.410 e. The van der Waals surface area contributed by atoms with Gasteiger partial charge in [0.1, 0.15) is 28.4 Å². The van der Waals surface area contributed by atoms with Crippen LogP contribution in [0, 0.1) is 11.8 Å². The Morgan fingerprint density at radius 1 is 1.07 bits per heavy atom. The van der Waals surface area contributed by atoms with E-state index in [0.29, 0.717) is 48.4 Å². The average molecular weight is 578 g/mol. The number of aromatic nitrogens is 2. The number of pyridine rings is 1. The van der Waals surface area contributed by atoms with Gasteiger partial charge in [0.05, 0.1) is 25.5 Å². The molecule has 0 unspecified atom stereocenters. The zero-order valence-electron chi connectivity index (χ0n) is 24.9. The zero-order valence-corrected chi connectivity index (χ0v) is 24.9. The molecule has 2 fully saturated rings. The van der Waals surface area contributed by atoms with Crippen LogP contribution in [0.1, 0.15) is 60.9 Å². The first-order valence-corrected chi connectivity index (χ1v) is 14.3. The minimum Gasteiger partial charge on any atom is -0.494 e. The van der Waals surface area contributed by atoms with Crippen molar-refractivity contribution in [3.63, 3.8) is 0 Å². The van der Waals surface area contributed by atoms with Crippen molar-refractivity contribution in [2.75, 3.05) is 44.5 Å². The predicted octanol–water partition coefficient (Wildman–Crippen LogP) is 5.16. The Hall–Kier alpha value is -4.28. The van der Waals surface area contributed by atoms with Crippen LogP contribution in [0.4, 0.5) is 16.2 Å². The molecule has 2 aromatic heterocycles. The molecule has 2 N–H and O–H groups in total. The first-order chi connectivity index (χ1) is 20.1. The number of hydrogen-bond acceptors (Lipinski definition) is 8. The van der Waals surface area contributed by atoms with E-state index in [2.05, 4.69) is 15.6 Å². The molecule has 1 saturated heterocycles. The Kier molecular flexibility index (Phi) is 8.29. The summed E-state index contributed by atoms with van der Waals surface area (Å²) in [7, 11) is 2.81. The molecule has 224 valence electrons. The fourth-order valence-corrected chi connectivity index (χ4v) is 5.24. The van der Waals surface area contributed by atoms with Crippen LogP contribution in [0.3, 0.4) is 0 Å². The number of benzene rings is 1. The molecular formula is C31H39N5O6. The molecule has 1 saturated carbocycles. The summed E-state index contributed by atoms with van der Waals surface area (Å²) in [6, 6.07) is 8.81. The highest BCUT2D eigenvalue weighted by atomic mass is 16.6. The number of rotatable bonds is 9. The molecule has 3 aromatic rings. The van der Waals surface area contributed by atoms with E-state index in [1.54, 1.807) is 23.2 Å². The fourth-order valence-electron chi connectivity index (χ4n) is 5.24. The van der Waals surface area contributed by atoms with Gasteiger partial charge in [0.25, 0.3) is 5.91 Å². The summed E-state index contributed by atoms with van der Waals surface area (Å²) < 4.78 is 18.1. The molecule has 1 aromatic carbocycles. The van der Waals surface area contributed by atoms with Crippen molar-refractivity contribution in [2.45, 2.75) is 52.2 Å². The van der Waals surface area contributed by atoms with E-state index in [-0.39, 0.29) is 23.5 Å². The first-order valence-electron chi connectivity index (χ1n) is 14.3. The highest BCUT2D eigenvalue weighted by Crippen LogP contribution is 2.37. The normalized spacial score (nSPS) is 16.8. The lowest BCUT2D eigenvalue weighted by Gasteiger charge is -2.24. The van der Waals surface area contributed by atoms with Gasteiger partial charge in [-0.25, -0.2) is 14.6 Å². The van der Waals surface area contributed by atoms with Gasteiger partial charge in [-0.05, 0) is 82.2 Å². The van der Waals surface area contributed by atoms with Crippen LogP contribution >= 0.6 is 0 Å². The van der Waals surface area contributed by atoms with Crippen LogP contribution in [-0.2, 0) is 16.0 Å². The summed E-state index contributed by atoms with van der Waals surface area (Å²) in [6.07, 6.45) is 4.46. The van der Waals surface area contributed by atoms with Crippen molar-refractivity contribution in [1.82, 2.24) is 14.5 Å². The maximum atomic E-state index is 13.8. The predicted molar refractivity (Wildman–Crippen MR) is 159 cm³/mol. The monoisotopic (exact) mass is 577 g/mol. The number of nitrogens with one attached hydrogen (secondary N) is 2. The summed E-state index contributed by atoms with van der Waals surface area (Å²) in [5, 5.41) is 7.33. The smallest absolute Gasteiger partial charge is 0.410 e. The number of methoxy groups -OCH3 is 2. The summed E-state index contributed by atoms with van der Waals surface area (Å²) >= 11 is 0. The van der Waals surface area contributed by atoms with Gasteiger partial charge in [0.2, 0.25) is 0 Å². The first kappa shape index (κ1) is 29.2. The second kappa shape index (κ2) is 11.9. The van der Waals surface area contributed by atoms with Gasteiger partial charge < -0.3 is 34.3 Å². The van der Waals surface area contributed by atoms with Gasteiger partial charge in [-0.1, -0.05) is 0 Å². The third-order valence-corrected chi connectivity index (χ3v) is 7.52. The number of nitrogens with zero attached hydrogens (tertiary/aromatic N) is 3. The van der Waals surface area contributed by atoms with Crippen LogP contribution in [-0.4, -0.2) is 71.9 Å². The maximum absolute atomic E-state index is 13.8. The van der Waals surface area contributed by atoms with Crippen LogP contribution in [0.25, 0.3) is 11.0 Å². The Balaban J connectivity index is 1.40. The van der Waals surface area contributed by atoms with E-state index in [1.165, 1.54) is 14.2 Å². The standard InChI is InChI=1S/C31H39N5O6/c1-31(2,3)42-30(39)35-12-10-20(17-35)16-33-26-23(13-22(29(38)41-5)15-25(26)40-4)34-28(37)24-14-21-7-6-11-32-27(21)36(24)18-19-8-9-19/h6-7,11,13-15,19-20,33H,8-10,12,16-18H2,1-5H3,(H,34,37)/t20-/m1/s1. The van der Waals surface area contributed by atoms with Crippen LogP contribution < -0.4 is 15.4 Å².